The van der Waals surface area contributed by atoms with Gasteiger partial charge in [-0.25, -0.2) is 4.98 Å². The molecule has 0 N–H and O–H groups in total. The fourth-order valence-electron chi connectivity index (χ4n) is 0.635. The second-order valence-corrected chi connectivity index (χ2v) is 4.20. The number of anilines is 1. The lowest BCUT2D eigenvalue weighted by atomic mass is 10.5. The van der Waals surface area contributed by atoms with Gasteiger partial charge in [-0.2, -0.15) is 0 Å². The van der Waals surface area contributed by atoms with Crippen molar-refractivity contribution in [2.24, 2.45) is 0 Å². The van der Waals surface area contributed by atoms with Crippen molar-refractivity contribution < 1.29 is 15.7 Å². The predicted molar refractivity (Wildman–Crippen MR) is 52.8 cm³/mol. The van der Waals surface area contributed by atoms with Gasteiger partial charge in [-0.15, -0.1) is 0 Å². The Morgan fingerprint density at radius 2 is 2.42 bits per heavy atom. The lowest BCUT2D eigenvalue weighted by Gasteiger charge is -2.25. The van der Waals surface area contributed by atoms with Crippen LogP contribution in [0.2, 0.25) is 0 Å². The van der Waals surface area contributed by atoms with Crippen molar-refractivity contribution in [2.45, 2.75) is 0 Å². The second-order valence-electron chi connectivity index (χ2n) is 1.81. The number of halogens is 1. The number of rotatable bonds is 1. The molecule has 0 aliphatic carbocycles. The van der Waals surface area contributed by atoms with E-state index in [1.165, 1.54) is 6.20 Å². The van der Waals surface area contributed by atoms with E-state index in [-0.39, 0.29) is 5.13 Å². The fourth-order valence-corrected chi connectivity index (χ4v) is 1.74. The van der Waals surface area contributed by atoms with Crippen LogP contribution in [0, 0.1) is 0 Å². The van der Waals surface area contributed by atoms with Crippen molar-refractivity contribution in [3.63, 3.8) is 0 Å². The third-order valence-corrected chi connectivity index (χ3v) is 2.53. The molecule has 0 atom stereocenters. The number of aromatic nitrogens is 1. The first kappa shape index (κ1) is 3.22. The number of morpholine rings is 1. The zero-order valence-electron chi connectivity index (χ0n) is 13.7. The Balaban J connectivity index is 2.64. The van der Waals surface area contributed by atoms with E-state index in [1.807, 2.05) is 0 Å². The molecule has 1 aromatic rings. The van der Waals surface area contributed by atoms with Crippen molar-refractivity contribution in [3.8, 4) is 0 Å². The summed E-state index contributed by atoms with van der Waals surface area (Å²) in [5, 5.41) is -0.192. The maximum atomic E-state index is 7.80. The first-order chi connectivity index (χ1) is 8.83. The molecule has 66 valence electrons. The lowest BCUT2D eigenvalue weighted by molar-refractivity contribution is 0.122. The van der Waals surface area contributed by atoms with Gasteiger partial charge in [-0.05, 0) is 15.9 Å². The van der Waals surface area contributed by atoms with Crippen LogP contribution in [0.5, 0.6) is 0 Å². The van der Waals surface area contributed by atoms with Gasteiger partial charge < -0.3 is 9.64 Å². The number of hydrogen-bond acceptors (Lipinski definition) is 4. The van der Waals surface area contributed by atoms with Crippen LogP contribution in [0.25, 0.3) is 0 Å². The van der Waals surface area contributed by atoms with E-state index < -0.39 is 26.1 Å². The van der Waals surface area contributed by atoms with Crippen LogP contribution in [0.3, 0.4) is 0 Å². The lowest BCUT2D eigenvalue weighted by Crippen LogP contribution is -2.36. The van der Waals surface area contributed by atoms with E-state index >= 15 is 0 Å². The van der Waals surface area contributed by atoms with E-state index in [0.717, 1.165) is 11.3 Å². The average molecular weight is 257 g/mol. The smallest absolute Gasteiger partial charge is 0.186 e. The summed E-state index contributed by atoms with van der Waals surface area (Å²) in [5.74, 6) is 0. The SMILES string of the molecule is [2H]C1([2H])OC([2H])([2H])C([2H])([2H])N(c2ncc(Br)s2)C1([2H])[2H]. The molecule has 0 bridgehead atoms. The van der Waals surface area contributed by atoms with Crippen LogP contribution >= 0.6 is 27.3 Å². The summed E-state index contributed by atoms with van der Waals surface area (Å²) >= 11 is 3.96. The van der Waals surface area contributed by atoms with Crippen molar-refractivity contribution in [1.82, 2.24) is 4.98 Å². The normalized spacial score (nSPS) is 44.9. The number of thiazole rings is 1. The number of hydrogen-bond donors (Lipinski definition) is 0. The molecule has 1 aliphatic rings. The second kappa shape index (κ2) is 3.72. The van der Waals surface area contributed by atoms with Crippen molar-refractivity contribution in [2.75, 3.05) is 31.0 Å². The highest BCUT2D eigenvalue weighted by atomic mass is 79.9. The van der Waals surface area contributed by atoms with Gasteiger partial charge in [-0.1, -0.05) is 11.3 Å². The highest BCUT2D eigenvalue weighted by Crippen LogP contribution is 2.26. The molecule has 0 saturated carbocycles. The highest BCUT2D eigenvalue weighted by Gasteiger charge is 2.13. The van der Waals surface area contributed by atoms with Gasteiger partial charge in [0.1, 0.15) is 0 Å². The summed E-state index contributed by atoms with van der Waals surface area (Å²) < 4.78 is 66.2. The minimum Gasteiger partial charge on any atom is -0.378 e. The van der Waals surface area contributed by atoms with Crippen LogP contribution < -0.4 is 4.90 Å². The average Bonchev–Trinajstić information content (AvgIpc) is 2.60. The molecule has 1 aliphatic heterocycles. The van der Waals surface area contributed by atoms with Gasteiger partial charge in [0.15, 0.2) is 5.13 Å². The monoisotopic (exact) mass is 256 g/mol. The number of nitrogens with zero attached hydrogens (tertiary/aromatic N) is 2. The molecule has 12 heavy (non-hydrogen) atoms. The Kier molecular flexibility index (Phi) is 0.998. The molecule has 0 spiro atoms. The van der Waals surface area contributed by atoms with E-state index in [0.29, 0.717) is 8.69 Å². The standard InChI is InChI=1S/C7H9BrN2OS/c8-6-5-9-7(12-6)10-1-3-11-4-2-10/h5H,1-4H2/i1D2,2D2,3D2,4D2. The molecule has 0 aromatic carbocycles. The summed E-state index contributed by atoms with van der Waals surface area (Å²) in [7, 11) is 0. The fraction of sp³-hybridized carbons (Fsp3) is 0.571. The topological polar surface area (TPSA) is 25.4 Å². The quantitative estimate of drug-likeness (QED) is 0.766. The van der Waals surface area contributed by atoms with E-state index in [2.05, 4.69) is 25.7 Å². The van der Waals surface area contributed by atoms with Crippen LogP contribution in [-0.4, -0.2) is 31.1 Å². The minimum atomic E-state index is -3.06. The van der Waals surface area contributed by atoms with Gasteiger partial charge >= 0.3 is 0 Å². The largest absolute Gasteiger partial charge is 0.378 e. The van der Waals surface area contributed by atoms with E-state index in [4.69, 9.17) is 11.0 Å². The molecule has 5 heteroatoms. The van der Waals surface area contributed by atoms with Crippen molar-refractivity contribution in [1.29, 1.82) is 0 Å². The molecule has 0 radical (unpaired) electrons. The maximum absolute atomic E-state index is 7.80. The molecule has 1 aromatic heterocycles. The number of ether oxygens (including phenoxy) is 1. The van der Waals surface area contributed by atoms with E-state index in [1.54, 1.807) is 0 Å². The summed E-state index contributed by atoms with van der Waals surface area (Å²) in [5.41, 5.74) is 0. The first-order valence-electron chi connectivity index (χ1n) is 6.95. The summed E-state index contributed by atoms with van der Waals surface area (Å²) in [6.45, 7) is -12.0. The van der Waals surface area contributed by atoms with Gasteiger partial charge in [0, 0.05) is 13.0 Å². The van der Waals surface area contributed by atoms with Crippen LogP contribution in [0.4, 0.5) is 5.13 Å². The Morgan fingerprint density at radius 3 is 3.00 bits per heavy atom. The molecular weight excluding hydrogens is 240 g/mol. The van der Waals surface area contributed by atoms with Gasteiger partial charge in [-0.3, -0.25) is 0 Å². The first-order valence-corrected chi connectivity index (χ1v) is 4.56. The molecule has 2 heterocycles. The molecule has 1 fully saturated rings. The van der Waals surface area contributed by atoms with Crippen LogP contribution in [-0.2, 0) is 4.74 Å². The molecule has 0 unspecified atom stereocenters. The zero-order valence-corrected chi connectivity index (χ0v) is 8.07. The van der Waals surface area contributed by atoms with Crippen LogP contribution in [0.1, 0.15) is 11.0 Å². The van der Waals surface area contributed by atoms with Crippen molar-refractivity contribution in [3.05, 3.63) is 9.98 Å². The minimum absolute atomic E-state index is 0.192. The third-order valence-electron chi connectivity index (χ3n) is 1.07. The molecule has 3 nitrogen and oxygen atoms in total. The Bertz CT molecular complexity index is 509. The van der Waals surface area contributed by atoms with Gasteiger partial charge in [0.25, 0.3) is 0 Å². The molecular formula is C7H9BrN2OS. The molecule has 0 amide bonds. The molecule has 1 saturated heterocycles. The molecule has 2 rings (SSSR count). The maximum Gasteiger partial charge on any atom is 0.186 e. The summed E-state index contributed by atoms with van der Waals surface area (Å²) in [6.07, 6.45) is 1.30. The summed E-state index contributed by atoms with van der Waals surface area (Å²) in [4.78, 5) is 4.14. The third kappa shape index (κ3) is 1.78. The Hall–Kier alpha value is -0.130. The Labute approximate surface area is 94.7 Å². The highest BCUT2D eigenvalue weighted by molar-refractivity contribution is 9.11. The summed E-state index contributed by atoms with van der Waals surface area (Å²) in [6, 6.07) is 0. The van der Waals surface area contributed by atoms with Gasteiger partial charge in [0.2, 0.25) is 0 Å². The zero-order chi connectivity index (χ0) is 15.6. The van der Waals surface area contributed by atoms with Crippen molar-refractivity contribution >= 4 is 32.4 Å². The van der Waals surface area contributed by atoms with Crippen LogP contribution in [0.15, 0.2) is 9.98 Å². The predicted octanol–water partition coefficient (Wildman–Crippen LogP) is 1.74. The Morgan fingerprint density at radius 1 is 1.67 bits per heavy atom. The van der Waals surface area contributed by atoms with E-state index in [9.17, 15) is 0 Å². The van der Waals surface area contributed by atoms with Gasteiger partial charge in [0.05, 0.1) is 34.1 Å².